The van der Waals surface area contributed by atoms with E-state index >= 15 is 0 Å². The molecule has 1 fully saturated rings. The predicted octanol–water partition coefficient (Wildman–Crippen LogP) is 3.43. The van der Waals surface area contributed by atoms with Crippen molar-refractivity contribution in [2.75, 3.05) is 13.2 Å². The second kappa shape index (κ2) is 9.78. The molecule has 170 valence electrons. The van der Waals surface area contributed by atoms with Crippen LogP contribution in [-0.2, 0) is 14.3 Å². The summed E-state index contributed by atoms with van der Waals surface area (Å²) < 4.78 is 5.42. The average molecular weight is 447 g/mol. The molecular weight excluding hydrogens is 420 g/mol. The van der Waals surface area contributed by atoms with E-state index in [0.29, 0.717) is 12.8 Å². The molecule has 7 nitrogen and oxygen atoms in total. The smallest absolute Gasteiger partial charge is 0.407 e. The van der Waals surface area contributed by atoms with Gasteiger partial charge in [0.15, 0.2) is 0 Å². The highest BCUT2D eigenvalue weighted by molar-refractivity contribution is 5.97. The molecule has 0 unspecified atom stereocenters. The lowest BCUT2D eigenvalue weighted by Crippen LogP contribution is -2.55. The van der Waals surface area contributed by atoms with E-state index in [2.05, 4.69) is 34.6 Å². The molecule has 0 radical (unpaired) electrons. The Hall–Kier alpha value is -3.79. The summed E-state index contributed by atoms with van der Waals surface area (Å²) in [6.07, 6.45) is 2.63. The highest BCUT2D eigenvalue weighted by Gasteiger charge is 2.40. The van der Waals surface area contributed by atoms with Crippen molar-refractivity contribution < 1.29 is 24.2 Å². The maximum Gasteiger partial charge on any atom is 0.407 e. The summed E-state index contributed by atoms with van der Waals surface area (Å²) in [5.41, 5.74) is 3.30. The molecule has 0 aliphatic heterocycles. The number of hydrogen-bond donors (Lipinski definition) is 3. The molecule has 33 heavy (non-hydrogen) atoms. The van der Waals surface area contributed by atoms with Crippen LogP contribution in [0.1, 0.15) is 49.1 Å². The van der Waals surface area contributed by atoms with E-state index in [9.17, 15) is 19.5 Å². The lowest BCUT2D eigenvalue weighted by molar-refractivity contribution is -0.148. The maximum absolute atomic E-state index is 12.1. The average Bonchev–Trinajstić information content (AvgIpc) is 3.15. The summed E-state index contributed by atoms with van der Waals surface area (Å²) in [6, 6.07) is 16.1. The van der Waals surface area contributed by atoms with E-state index in [1.807, 2.05) is 36.4 Å². The summed E-state index contributed by atoms with van der Waals surface area (Å²) in [7, 11) is 0. The van der Waals surface area contributed by atoms with Crippen LogP contribution < -0.4 is 10.6 Å². The molecule has 2 aromatic rings. The van der Waals surface area contributed by atoms with Crippen molar-refractivity contribution in [1.29, 1.82) is 0 Å². The zero-order valence-electron chi connectivity index (χ0n) is 18.2. The molecule has 7 heteroatoms. The number of carboxylic acid groups (broad SMARTS) is 1. The number of alkyl carbamates (subject to hydrolysis) is 1. The van der Waals surface area contributed by atoms with Crippen LogP contribution in [0.15, 0.2) is 48.5 Å². The van der Waals surface area contributed by atoms with Gasteiger partial charge < -0.3 is 20.5 Å². The monoisotopic (exact) mass is 446 g/mol. The highest BCUT2D eigenvalue weighted by atomic mass is 16.5. The summed E-state index contributed by atoms with van der Waals surface area (Å²) in [5, 5.41) is 14.6. The highest BCUT2D eigenvalue weighted by Crippen LogP contribution is 2.44. The van der Waals surface area contributed by atoms with E-state index in [4.69, 9.17) is 4.74 Å². The second-order valence-electron chi connectivity index (χ2n) is 8.38. The normalized spacial score (nSPS) is 15.9. The third-order valence-corrected chi connectivity index (χ3v) is 6.34. The van der Waals surface area contributed by atoms with E-state index in [1.165, 1.54) is 0 Å². The molecule has 0 spiro atoms. The van der Waals surface area contributed by atoms with Gasteiger partial charge in [-0.3, -0.25) is 4.79 Å². The Morgan fingerprint density at radius 3 is 2.18 bits per heavy atom. The number of benzene rings is 2. The lowest BCUT2D eigenvalue weighted by Gasteiger charge is -2.33. The fourth-order valence-electron chi connectivity index (χ4n) is 4.69. The molecule has 2 aromatic carbocycles. The van der Waals surface area contributed by atoms with Crippen LogP contribution in [0.2, 0.25) is 0 Å². The zero-order chi connectivity index (χ0) is 23.3. The second-order valence-corrected chi connectivity index (χ2v) is 8.38. The summed E-state index contributed by atoms with van der Waals surface area (Å²) in [6.45, 7) is 0.110. The van der Waals surface area contributed by atoms with Gasteiger partial charge in [-0.1, -0.05) is 73.7 Å². The van der Waals surface area contributed by atoms with E-state index in [0.717, 1.165) is 41.5 Å². The number of hydrogen-bond acceptors (Lipinski definition) is 4. The van der Waals surface area contributed by atoms with E-state index in [1.54, 1.807) is 0 Å². The van der Waals surface area contributed by atoms with Crippen LogP contribution in [0.25, 0.3) is 11.1 Å². The van der Waals surface area contributed by atoms with Crippen LogP contribution in [-0.4, -0.2) is 41.8 Å². The van der Waals surface area contributed by atoms with Gasteiger partial charge in [-0.15, -0.1) is 0 Å². The first kappa shape index (κ1) is 22.4. The van der Waals surface area contributed by atoms with Gasteiger partial charge in [0.05, 0.1) is 6.54 Å². The number of nitrogens with one attached hydrogen (secondary N) is 2. The zero-order valence-corrected chi connectivity index (χ0v) is 18.2. The van der Waals surface area contributed by atoms with Gasteiger partial charge in [-0.05, 0) is 41.0 Å². The lowest BCUT2D eigenvalue weighted by atomic mass is 9.81. The van der Waals surface area contributed by atoms with Gasteiger partial charge in [0.1, 0.15) is 12.1 Å². The molecule has 4 rings (SSSR count). The third kappa shape index (κ3) is 4.85. The Labute approximate surface area is 192 Å². The molecule has 0 atom stereocenters. The van der Waals surface area contributed by atoms with Crippen LogP contribution in [0.3, 0.4) is 0 Å². The fourth-order valence-corrected chi connectivity index (χ4v) is 4.69. The molecule has 2 aliphatic rings. The van der Waals surface area contributed by atoms with Gasteiger partial charge in [0.25, 0.3) is 5.91 Å². The van der Waals surface area contributed by atoms with Crippen molar-refractivity contribution in [3.63, 3.8) is 0 Å². The first-order valence-corrected chi connectivity index (χ1v) is 11.1. The van der Waals surface area contributed by atoms with Gasteiger partial charge in [0.2, 0.25) is 0 Å². The molecule has 0 aromatic heterocycles. The van der Waals surface area contributed by atoms with Crippen LogP contribution in [0, 0.1) is 11.8 Å². The predicted molar refractivity (Wildman–Crippen MR) is 122 cm³/mol. The Kier molecular flexibility index (Phi) is 6.64. The minimum absolute atomic E-state index is 0.0392. The Morgan fingerprint density at radius 1 is 0.970 bits per heavy atom. The molecule has 1 saturated carbocycles. The largest absolute Gasteiger partial charge is 0.480 e. The first-order valence-electron chi connectivity index (χ1n) is 11.1. The summed E-state index contributed by atoms with van der Waals surface area (Å²) >= 11 is 0. The number of rotatable bonds is 5. The van der Waals surface area contributed by atoms with Gasteiger partial charge in [-0.25, -0.2) is 9.59 Å². The molecule has 2 amide bonds. The Morgan fingerprint density at radius 2 is 1.58 bits per heavy atom. The SMILES string of the molecule is O=C(C#CCNC(=O)OCC1c2ccccc2-c2ccccc21)NC1(C(=O)O)CCCCC1. The van der Waals surface area contributed by atoms with Crippen LogP contribution in [0.4, 0.5) is 4.79 Å². The van der Waals surface area contributed by atoms with Crippen LogP contribution >= 0.6 is 0 Å². The molecule has 0 bridgehead atoms. The minimum Gasteiger partial charge on any atom is -0.480 e. The molecule has 0 saturated heterocycles. The van der Waals surface area contributed by atoms with Gasteiger partial charge in [-0.2, -0.15) is 0 Å². The third-order valence-electron chi connectivity index (χ3n) is 6.34. The number of ether oxygens (including phenoxy) is 1. The van der Waals surface area contributed by atoms with Gasteiger partial charge >= 0.3 is 12.1 Å². The molecule has 2 aliphatic carbocycles. The van der Waals surface area contributed by atoms with Crippen molar-refractivity contribution in [2.45, 2.75) is 43.6 Å². The number of carboxylic acids is 1. The summed E-state index contributed by atoms with van der Waals surface area (Å²) in [4.78, 5) is 35.9. The maximum atomic E-state index is 12.1. The number of fused-ring (bicyclic) bond motifs is 3. The Bertz CT molecular complexity index is 1080. The van der Waals surface area contributed by atoms with E-state index < -0.39 is 23.5 Å². The number of carbonyl (C=O) groups excluding carboxylic acids is 2. The number of carbonyl (C=O) groups is 3. The van der Waals surface area contributed by atoms with Gasteiger partial charge in [0, 0.05) is 5.92 Å². The first-order chi connectivity index (χ1) is 16.0. The van der Waals surface area contributed by atoms with Crippen molar-refractivity contribution in [3.05, 3.63) is 59.7 Å². The minimum atomic E-state index is -1.25. The van der Waals surface area contributed by atoms with Crippen molar-refractivity contribution in [2.24, 2.45) is 0 Å². The quantitative estimate of drug-likeness (QED) is 0.611. The molecule has 3 N–H and O–H groups in total. The summed E-state index contributed by atoms with van der Waals surface area (Å²) in [5.74, 6) is 3.18. The van der Waals surface area contributed by atoms with Crippen molar-refractivity contribution in [1.82, 2.24) is 10.6 Å². The van der Waals surface area contributed by atoms with Crippen molar-refractivity contribution in [3.8, 4) is 23.0 Å². The number of aliphatic carboxylic acids is 1. The van der Waals surface area contributed by atoms with Crippen molar-refractivity contribution >= 4 is 18.0 Å². The number of amides is 2. The van der Waals surface area contributed by atoms with E-state index in [-0.39, 0.29) is 19.1 Å². The molecule has 0 heterocycles. The fraction of sp³-hybridized carbons (Fsp3) is 0.346. The molecular formula is C26H26N2O5. The van der Waals surface area contributed by atoms with Crippen LogP contribution in [0.5, 0.6) is 0 Å². The Balaban J connectivity index is 1.28. The standard InChI is InChI=1S/C26H26N2O5/c29-23(28-26(24(30)31)14-6-1-7-15-26)13-8-16-27-25(32)33-17-22-20-11-4-2-9-18(20)19-10-3-5-12-21(19)22/h2-5,9-12,22H,1,6-7,14-17H2,(H,27,32)(H,28,29)(H,30,31). The topological polar surface area (TPSA) is 105 Å².